The van der Waals surface area contributed by atoms with Gasteiger partial charge in [-0.05, 0) is 30.5 Å². The second kappa shape index (κ2) is 7.13. The lowest BCUT2D eigenvalue weighted by molar-refractivity contribution is -0.134. The molecule has 0 unspecified atom stereocenters. The van der Waals surface area contributed by atoms with Crippen molar-refractivity contribution in [2.24, 2.45) is 0 Å². The fourth-order valence-electron chi connectivity index (χ4n) is 2.69. The molecule has 0 atom stereocenters. The number of carbonyl (C=O) groups is 3. The summed E-state index contributed by atoms with van der Waals surface area (Å²) in [6.07, 6.45) is 1.26. The Morgan fingerprint density at radius 3 is 2.38 bits per heavy atom. The van der Waals surface area contributed by atoms with Crippen LogP contribution in [0.1, 0.15) is 32.3 Å². The molecule has 0 spiro atoms. The lowest BCUT2D eigenvalue weighted by Crippen LogP contribution is -2.46. The first-order chi connectivity index (χ1) is 11.5. The summed E-state index contributed by atoms with van der Waals surface area (Å²) in [6, 6.07) is 8.35. The Morgan fingerprint density at radius 2 is 1.88 bits per heavy atom. The number of nitrogens with zero attached hydrogens (tertiary/aromatic N) is 2. The molecule has 0 radical (unpaired) electrons. The Morgan fingerprint density at radius 1 is 1.25 bits per heavy atom. The molecule has 1 aromatic rings. The fraction of sp³-hybridized carbons (Fsp3) is 0.412. The maximum absolute atomic E-state index is 12.4. The highest BCUT2D eigenvalue weighted by atomic mass is 16.2. The lowest BCUT2D eigenvalue weighted by Gasteiger charge is -2.23. The van der Waals surface area contributed by atoms with Crippen molar-refractivity contribution in [2.75, 3.05) is 11.9 Å². The van der Waals surface area contributed by atoms with Crippen molar-refractivity contribution in [3.8, 4) is 6.07 Å². The molecule has 126 valence electrons. The predicted octanol–water partition coefficient (Wildman–Crippen LogP) is 1.80. The molecule has 2 rings (SSSR count). The summed E-state index contributed by atoms with van der Waals surface area (Å²) in [5.41, 5.74) is 0.488. The van der Waals surface area contributed by atoms with Crippen LogP contribution in [-0.4, -0.2) is 34.8 Å². The van der Waals surface area contributed by atoms with Crippen molar-refractivity contribution in [3.05, 3.63) is 29.8 Å². The average molecular weight is 328 g/mol. The molecule has 1 aliphatic rings. The van der Waals surface area contributed by atoms with Crippen LogP contribution in [0, 0.1) is 11.3 Å². The standard InChI is InChI=1S/C17H20N4O3/c1-3-17(4-2)15(23)21(16(24)20-17)11-14(22)19-13-7-5-12(6-8-13)9-10-18/h5-8H,3-4,9,11H2,1-2H3,(H,19,22)(H,20,24). The van der Waals surface area contributed by atoms with E-state index in [1.165, 1.54) is 0 Å². The summed E-state index contributed by atoms with van der Waals surface area (Å²) in [7, 11) is 0. The van der Waals surface area contributed by atoms with Gasteiger partial charge in [-0.2, -0.15) is 5.26 Å². The van der Waals surface area contributed by atoms with Gasteiger partial charge in [0.2, 0.25) is 5.91 Å². The van der Waals surface area contributed by atoms with Gasteiger partial charge in [0.15, 0.2) is 0 Å². The molecule has 1 saturated heterocycles. The van der Waals surface area contributed by atoms with Crippen molar-refractivity contribution in [1.82, 2.24) is 10.2 Å². The van der Waals surface area contributed by atoms with Gasteiger partial charge in [0.1, 0.15) is 12.1 Å². The number of nitrogens with one attached hydrogen (secondary N) is 2. The van der Waals surface area contributed by atoms with E-state index >= 15 is 0 Å². The van der Waals surface area contributed by atoms with E-state index in [-0.39, 0.29) is 12.5 Å². The summed E-state index contributed by atoms with van der Waals surface area (Å²) >= 11 is 0. The molecule has 4 amide bonds. The molecule has 1 fully saturated rings. The highest BCUT2D eigenvalue weighted by Crippen LogP contribution is 2.24. The zero-order valence-electron chi connectivity index (χ0n) is 13.8. The molecule has 0 aromatic heterocycles. The number of imide groups is 1. The monoisotopic (exact) mass is 328 g/mol. The predicted molar refractivity (Wildman–Crippen MR) is 87.9 cm³/mol. The van der Waals surface area contributed by atoms with Crippen LogP contribution in [0.5, 0.6) is 0 Å². The Balaban J connectivity index is 2.01. The van der Waals surface area contributed by atoms with Gasteiger partial charge in [-0.25, -0.2) is 4.79 Å². The molecule has 0 saturated carbocycles. The van der Waals surface area contributed by atoms with E-state index in [1.807, 2.05) is 19.9 Å². The number of nitriles is 1. The largest absolute Gasteiger partial charge is 0.325 e. The van der Waals surface area contributed by atoms with Crippen LogP contribution in [-0.2, 0) is 16.0 Å². The molecule has 1 aromatic carbocycles. The van der Waals surface area contributed by atoms with E-state index < -0.39 is 17.5 Å². The quantitative estimate of drug-likeness (QED) is 0.777. The van der Waals surface area contributed by atoms with Gasteiger partial charge in [0.25, 0.3) is 5.91 Å². The molecular weight excluding hydrogens is 308 g/mol. The molecule has 0 bridgehead atoms. The van der Waals surface area contributed by atoms with E-state index in [1.54, 1.807) is 24.3 Å². The number of rotatable bonds is 6. The Kier molecular flexibility index (Phi) is 5.19. The van der Waals surface area contributed by atoms with E-state index in [4.69, 9.17) is 5.26 Å². The third-order valence-corrected chi connectivity index (χ3v) is 4.28. The van der Waals surface area contributed by atoms with E-state index in [0.29, 0.717) is 24.9 Å². The van der Waals surface area contributed by atoms with Crippen molar-refractivity contribution in [2.45, 2.75) is 38.6 Å². The van der Waals surface area contributed by atoms with Gasteiger partial charge >= 0.3 is 6.03 Å². The van der Waals surface area contributed by atoms with Crippen LogP contribution in [0.3, 0.4) is 0 Å². The third kappa shape index (κ3) is 3.38. The first-order valence-electron chi connectivity index (χ1n) is 7.85. The summed E-state index contributed by atoms with van der Waals surface area (Å²) in [5, 5.41) is 14.0. The number of amides is 4. The Bertz CT molecular complexity index is 687. The summed E-state index contributed by atoms with van der Waals surface area (Å²) in [4.78, 5) is 37.5. The van der Waals surface area contributed by atoms with Crippen LogP contribution in [0.25, 0.3) is 0 Å². The SMILES string of the molecule is CCC1(CC)NC(=O)N(CC(=O)Nc2ccc(CC#N)cc2)C1=O. The van der Waals surface area contributed by atoms with Crippen molar-refractivity contribution in [1.29, 1.82) is 5.26 Å². The molecule has 24 heavy (non-hydrogen) atoms. The van der Waals surface area contributed by atoms with E-state index in [2.05, 4.69) is 10.6 Å². The molecule has 1 aliphatic heterocycles. The third-order valence-electron chi connectivity index (χ3n) is 4.28. The van der Waals surface area contributed by atoms with Gasteiger partial charge in [-0.15, -0.1) is 0 Å². The van der Waals surface area contributed by atoms with Crippen molar-refractivity contribution in [3.63, 3.8) is 0 Å². The summed E-state index contributed by atoms with van der Waals surface area (Å²) in [5.74, 6) is -0.813. The van der Waals surface area contributed by atoms with Gasteiger partial charge in [-0.1, -0.05) is 26.0 Å². The number of benzene rings is 1. The second-order valence-corrected chi connectivity index (χ2v) is 5.69. The average Bonchev–Trinajstić information content (AvgIpc) is 2.81. The van der Waals surface area contributed by atoms with Gasteiger partial charge in [-0.3, -0.25) is 14.5 Å². The summed E-state index contributed by atoms with van der Waals surface area (Å²) < 4.78 is 0. The normalized spacial score (nSPS) is 15.8. The van der Waals surface area contributed by atoms with Crippen LogP contribution in [0.2, 0.25) is 0 Å². The van der Waals surface area contributed by atoms with E-state index in [9.17, 15) is 14.4 Å². The number of hydrogen-bond donors (Lipinski definition) is 2. The van der Waals surface area contributed by atoms with Gasteiger partial charge in [0.05, 0.1) is 12.5 Å². The van der Waals surface area contributed by atoms with Gasteiger partial charge < -0.3 is 10.6 Å². The second-order valence-electron chi connectivity index (χ2n) is 5.69. The minimum absolute atomic E-state index is 0.298. The number of hydrogen-bond acceptors (Lipinski definition) is 4. The fourth-order valence-corrected chi connectivity index (χ4v) is 2.69. The van der Waals surface area contributed by atoms with E-state index in [0.717, 1.165) is 10.5 Å². The lowest BCUT2D eigenvalue weighted by atomic mass is 9.93. The number of anilines is 1. The summed E-state index contributed by atoms with van der Waals surface area (Å²) in [6.45, 7) is 3.33. The van der Waals surface area contributed by atoms with Crippen LogP contribution in [0.4, 0.5) is 10.5 Å². The highest BCUT2D eigenvalue weighted by molar-refractivity contribution is 6.10. The minimum atomic E-state index is -0.906. The first-order valence-corrected chi connectivity index (χ1v) is 7.85. The molecule has 7 nitrogen and oxygen atoms in total. The minimum Gasteiger partial charge on any atom is -0.325 e. The molecule has 1 heterocycles. The zero-order chi connectivity index (χ0) is 17.7. The smallest absolute Gasteiger partial charge is 0.325 e. The zero-order valence-corrected chi connectivity index (χ0v) is 13.8. The maximum Gasteiger partial charge on any atom is 0.325 e. The van der Waals surface area contributed by atoms with Crippen LogP contribution >= 0.6 is 0 Å². The molecule has 0 aliphatic carbocycles. The molecular formula is C17H20N4O3. The highest BCUT2D eigenvalue weighted by Gasteiger charge is 2.49. The Labute approximate surface area is 140 Å². The topological polar surface area (TPSA) is 102 Å². The number of urea groups is 1. The first kappa shape index (κ1) is 17.5. The molecule has 2 N–H and O–H groups in total. The maximum atomic E-state index is 12.4. The van der Waals surface area contributed by atoms with Crippen molar-refractivity contribution >= 4 is 23.5 Å². The van der Waals surface area contributed by atoms with Crippen LogP contribution in [0.15, 0.2) is 24.3 Å². The Hall–Kier alpha value is -2.88. The van der Waals surface area contributed by atoms with Crippen molar-refractivity contribution < 1.29 is 14.4 Å². The number of carbonyl (C=O) groups excluding carboxylic acids is 3. The van der Waals surface area contributed by atoms with Crippen LogP contribution < -0.4 is 10.6 Å². The molecule has 7 heteroatoms. The van der Waals surface area contributed by atoms with Gasteiger partial charge in [0, 0.05) is 5.69 Å².